The highest BCUT2D eigenvalue weighted by atomic mass is 32.2. The van der Waals surface area contributed by atoms with Gasteiger partial charge in [-0.15, -0.1) is 0 Å². The van der Waals surface area contributed by atoms with Gasteiger partial charge in [-0.1, -0.05) is 43.5 Å². The highest BCUT2D eigenvalue weighted by molar-refractivity contribution is 7.90. The van der Waals surface area contributed by atoms with E-state index in [2.05, 4.69) is 5.32 Å². The number of aryl methyl sites for hydroxylation is 2. The third-order valence-electron chi connectivity index (χ3n) is 7.26. The zero-order chi connectivity index (χ0) is 28.7. The van der Waals surface area contributed by atoms with Crippen LogP contribution in [0.2, 0.25) is 0 Å². The zero-order valence-electron chi connectivity index (χ0n) is 23.9. The Morgan fingerprint density at radius 1 is 1.05 bits per heavy atom. The van der Waals surface area contributed by atoms with Crippen LogP contribution in [0.1, 0.15) is 55.7 Å². The van der Waals surface area contributed by atoms with E-state index in [4.69, 9.17) is 4.74 Å². The van der Waals surface area contributed by atoms with Crippen molar-refractivity contribution in [2.24, 2.45) is 0 Å². The fourth-order valence-electron chi connectivity index (χ4n) is 4.81. The Labute approximate surface area is 233 Å². The average molecular weight is 559 g/mol. The summed E-state index contributed by atoms with van der Waals surface area (Å²) in [4.78, 5) is 28.8. The number of rotatable bonds is 11. The molecule has 1 atom stereocenters. The summed E-state index contributed by atoms with van der Waals surface area (Å²) in [6.45, 7) is 5.05. The molecule has 0 aromatic heterocycles. The first-order chi connectivity index (χ1) is 18.4. The number of carbonyl (C=O) groups excluding carboxylic acids is 2. The maximum absolute atomic E-state index is 14.0. The standard InChI is InChI=1S/C29H42N4O5S/c1-21-15-16-22(2)27(17-21)33(39(36,37)31(4)5)20-28(34)32(19-24-11-10-14-26(18-24)38-6)23(3)29(35)30-25-12-8-7-9-13-25/h10-11,14-18,23,25H,7-9,12-13,19-20H2,1-6H3,(H,30,35)/t23-/m1/s1. The zero-order valence-corrected chi connectivity index (χ0v) is 24.8. The molecular weight excluding hydrogens is 516 g/mol. The van der Waals surface area contributed by atoms with Crippen LogP contribution in [-0.2, 0) is 26.3 Å². The Hall–Kier alpha value is -3.11. The van der Waals surface area contributed by atoms with Crippen molar-refractivity contribution in [2.45, 2.75) is 71.5 Å². The molecular formula is C29H42N4O5S. The lowest BCUT2D eigenvalue weighted by Gasteiger charge is -2.34. The Kier molecular flexibility index (Phi) is 10.4. The van der Waals surface area contributed by atoms with Crippen molar-refractivity contribution in [1.82, 2.24) is 14.5 Å². The summed E-state index contributed by atoms with van der Waals surface area (Å²) >= 11 is 0. The first-order valence-electron chi connectivity index (χ1n) is 13.4. The summed E-state index contributed by atoms with van der Waals surface area (Å²) < 4.78 is 34.5. The van der Waals surface area contributed by atoms with Crippen LogP contribution in [0.25, 0.3) is 0 Å². The highest BCUT2D eigenvalue weighted by Crippen LogP contribution is 2.26. The Bertz CT molecular complexity index is 1260. The first-order valence-corrected chi connectivity index (χ1v) is 14.8. The molecule has 10 heteroatoms. The molecule has 1 saturated carbocycles. The molecule has 9 nitrogen and oxygen atoms in total. The van der Waals surface area contributed by atoms with Gasteiger partial charge in [0.2, 0.25) is 11.8 Å². The summed E-state index contributed by atoms with van der Waals surface area (Å²) in [7, 11) is 0.426. The van der Waals surface area contributed by atoms with E-state index < -0.39 is 28.7 Å². The molecule has 0 aliphatic heterocycles. The van der Waals surface area contributed by atoms with E-state index in [9.17, 15) is 18.0 Å². The van der Waals surface area contributed by atoms with E-state index in [-0.39, 0.29) is 18.5 Å². The molecule has 2 amide bonds. The summed E-state index contributed by atoms with van der Waals surface area (Å²) in [6.07, 6.45) is 5.14. The molecule has 2 aromatic rings. The van der Waals surface area contributed by atoms with Crippen LogP contribution >= 0.6 is 0 Å². The van der Waals surface area contributed by atoms with Gasteiger partial charge in [0.1, 0.15) is 18.3 Å². The maximum Gasteiger partial charge on any atom is 0.304 e. The van der Waals surface area contributed by atoms with Crippen molar-refractivity contribution in [1.29, 1.82) is 0 Å². The second kappa shape index (κ2) is 13.3. The van der Waals surface area contributed by atoms with Gasteiger partial charge in [0.05, 0.1) is 12.8 Å². The van der Waals surface area contributed by atoms with Gasteiger partial charge in [-0.05, 0) is 68.5 Å². The number of nitrogens with one attached hydrogen (secondary N) is 1. The van der Waals surface area contributed by atoms with Crippen molar-refractivity contribution in [2.75, 3.05) is 32.1 Å². The molecule has 0 heterocycles. The maximum atomic E-state index is 14.0. The molecule has 1 N–H and O–H groups in total. The van der Waals surface area contributed by atoms with Gasteiger partial charge in [0.25, 0.3) is 0 Å². The highest BCUT2D eigenvalue weighted by Gasteiger charge is 2.34. The number of benzene rings is 2. The molecule has 3 rings (SSSR count). The summed E-state index contributed by atoms with van der Waals surface area (Å²) in [5.74, 6) is -0.0891. The van der Waals surface area contributed by atoms with E-state index in [1.54, 1.807) is 26.2 Å². The van der Waals surface area contributed by atoms with Crippen LogP contribution in [0.15, 0.2) is 42.5 Å². The van der Waals surface area contributed by atoms with Crippen molar-refractivity contribution >= 4 is 27.7 Å². The molecule has 1 fully saturated rings. The molecule has 0 unspecified atom stereocenters. The fourth-order valence-corrected chi connectivity index (χ4v) is 5.92. The second-order valence-electron chi connectivity index (χ2n) is 10.5. The third-order valence-corrected chi connectivity index (χ3v) is 9.06. The van der Waals surface area contributed by atoms with Gasteiger partial charge >= 0.3 is 10.2 Å². The smallest absolute Gasteiger partial charge is 0.304 e. The van der Waals surface area contributed by atoms with Gasteiger partial charge in [-0.2, -0.15) is 12.7 Å². The number of amides is 2. The summed E-state index contributed by atoms with van der Waals surface area (Å²) in [6, 6.07) is 12.1. The lowest BCUT2D eigenvalue weighted by atomic mass is 9.95. The summed E-state index contributed by atoms with van der Waals surface area (Å²) in [5.41, 5.74) is 2.79. The van der Waals surface area contributed by atoms with Crippen molar-refractivity contribution in [3.8, 4) is 5.75 Å². The van der Waals surface area contributed by atoms with Gasteiger partial charge < -0.3 is 15.0 Å². The normalized spacial score (nSPS) is 15.1. The molecule has 1 aliphatic rings. The SMILES string of the molecule is COc1cccc(CN(C(=O)CN(c2cc(C)ccc2C)S(=O)(=O)N(C)C)[C@H](C)C(=O)NC2CCCCC2)c1. The number of carbonyl (C=O) groups is 2. The quantitative estimate of drug-likeness (QED) is 0.453. The topological polar surface area (TPSA) is 99.3 Å². The van der Waals surface area contributed by atoms with Crippen molar-refractivity contribution in [3.05, 3.63) is 59.2 Å². The van der Waals surface area contributed by atoms with Crippen LogP contribution in [0.4, 0.5) is 5.69 Å². The molecule has 0 radical (unpaired) electrons. The van der Waals surface area contributed by atoms with E-state index in [0.29, 0.717) is 11.4 Å². The number of ether oxygens (including phenoxy) is 1. The first kappa shape index (κ1) is 30.4. The summed E-state index contributed by atoms with van der Waals surface area (Å²) in [5, 5.41) is 3.11. The predicted octanol–water partition coefficient (Wildman–Crippen LogP) is 3.79. The van der Waals surface area contributed by atoms with E-state index >= 15 is 0 Å². The molecule has 214 valence electrons. The van der Waals surface area contributed by atoms with E-state index in [1.165, 1.54) is 19.0 Å². The largest absolute Gasteiger partial charge is 0.497 e. The monoisotopic (exact) mass is 558 g/mol. The van der Waals surface area contributed by atoms with Crippen molar-refractivity contribution < 1.29 is 22.7 Å². The Balaban J connectivity index is 1.96. The lowest BCUT2D eigenvalue weighted by Crippen LogP contribution is -2.53. The molecule has 2 aromatic carbocycles. The van der Waals surface area contributed by atoms with Crippen LogP contribution in [0.3, 0.4) is 0 Å². The molecule has 0 saturated heterocycles. The minimum atomic E-state index is -4.01. The van der Waals surface area contributed by atoms with Crippen molar-refractivity contribution in [3.63, 3.8) is 0 Å². The number of nitrogens with zero attached hydrogens (tertiary/aromatic N) is 3. The van der Waals surface area contributed by atoms with E-state index in [1.807, 2.05) is 44.2 Å². The molecule has 39 heavy (non-hydrogen) atoms. The van der Waals surface area contributed by atoms with Gasteiger partial charge in [0.15, 0.2) is 0 Å². The molecule has 0 spiro atoms. The number of anilines is 1. The van der Waals surface area contributed by atoms with E-state index in [0.717, 1.165) is 57.4 Å². The van der Waals surface area contributed by atoms with Gasteiger partial charge in [-0.25, -0.2) is 4.31 Å². The minimum absolute atomic E-state index is 0.0861. The van der Waals surface area contributed by atoms with Crippen LogP contribution in [0.5, 0.6) is 5.75 Å². The van der Waals surface area contributed by atoms with Crippen LogP contribution in [0, 0.1) is 13.8 Å². The third kappa shape index (κ3) is 7.73. The van der Waals surface area contributed by atoms with Crippen LogP contribution < -0.4 is 14.4 Å². The number of methoxy groups -OCH3 is 1. The Morgan fingerprint density at radius 2 is 1.74 bits per heavy atom. The molecule has 1 aliphatic carbocycles. The average Bonchev–Trinajstić information content (AvgIpc) is 2.91. The minimum Gasteiger partial charge on any atom is -0.497 e. The predicted molar refractivity (Wildman–Crippen MR) is 154 cm³/mol. The number of hydrogen-bond donors (Lipinski definition) is 1. The van der Waals surface area contributed by atoms with Crippen LogP contribution in [-0.4, -0.2) is 69.3 Å². The Morgan fingerprint density at radius 3 is 2.38 bits per heavy atom. The molecule has 0 bridgehead atoms. The second-order valence-corrected chi connectivity index (χ2v) is 12.5. The number of hydrogen-bond acceptors (Lipinski definition) is 5. The lowest BCUT2D eigenvalue weighted by molar-refractivity contribution is -0.139. The van der Waals surface area contributed by atoms with Gasteiger partial charge in [0, 0.05) is 26.7 Å². The fraction of sp³-hybridized carbons (Fsp3) is 0.517. The van der Waals surface area contributed by atoms with Gasteiger partial charge in [-0.3, -0.25) is 9.59 Å².